The Labute approximate surface area is 120 Å². The van der Waals surface area contributed by atoms with Crippen LogP contribution in [0.25, 0.3) is 0 Å². The van der Waals surface area contributed by atoms with Crippen LogP contribution in [0, 0.1) is 7.14 Å². The number of carbonyl (C=O) groups excluding carboxylic acids is 2. The van der Waals surface area contributed by atoms with E-state index in [0.717, 1.165) is 13.4 Å². The van der Waals surface area contributed by atoms with Gasteiger partial charge in [-0.25, -0.2) is 4.79 Å². The summed E-state index contributed by atoms with van der Waals surface area (Å²) in [6.45, 7) is -0.136. The molecule has 0 N–H and O–H groups in total. The molecule has 0 saturated carbocycles. The maximum absolute atomic E-state index is 10.9. The molecule has 6 heteroatoms. The number of ether oxygens (including phenoxy) is 2. The van der Waals surface area contributed by atoms with E-state index in [9.17, 15) is 9.59 Å². The highest BCUT2D eigenvalue weighted by atomic mass is 127. The van der Waals surface area contributed by atoms with Gasteiger partial charge in [-0.15, -0.1) is 0 Å². The first kappa shape index (κ1) is 13.7. The molecule has 1 aromatic rings. The Kier molecular flexibility index (Phi) is 5.46. The van der Waals surface area contributed by atoms with E-state index in [-0.39, 0.29) is 6.61 Å². The zero-order chi connectivity index (χ0) is 12.1. The summed E-state index contributed by atoms with van der Waals surface area (Å²) >= 11 is 4.11. The van der Waals surface area contributed by atoms with Crippen molar-refractivity contribution in [3.05, 3.63) is 24.8 Å². The molecule has 0 bridgehead atoms. The van der Waals surface area contributed by atoms with Crippen LogP contribution in [-0.2, 0) is 9.53 Å². The quantitative estimate of drug-likeness (QED) is 0.405. The minimum atomic E-state index is -0.439. The fourth-order valence-electron chi connectivity index (χ4n) is 0.975. The summed E-state index contributed by atoms with van der Waals surface area (Å²) < 4.78 is 11.4. The molecule has 0 atom stereocenters. The van der Waals surface area contributed by atoms with Crippen molar-refractivity contribution in [3.8, 4) is 5.75 Å². The van der Waals surface area contributed by atoms with E-state index in [4.69, 9.17) is 4.74 Å². The predicted molar refractivity (Wildman–Crippen MR) is 74.8 cm³/mol. The van der Waals surface area contributed by atoms with Gasteiger partial charge in [0.25, 0.3) is 0 Å². The van der Waals surface area contributed by atoms with Crippen molar-refractivity contribution in [2.24, 2.45) is 0 Å². The Morgan fingerprint density at radius 2 is 1.94 bits per heavy atom. The lowest BCUT2D eigenvalue weighted by Gasteiger charge is -2.09. The first-order valence-corrected chi connectivity index (χ1v) is 6.38. The third-order valence-electron chi connectivity index (χ3n) is 1.72. The Balaban J connectivity index is 2.88. The second kappa shape index (κ2) is 6.38. The minimum Gasteiger partial charge on any atom is -0.480 e. The molecule has 4 nitrogen and oxygen atoms in total. The van der Waals surface area contributed by atoms with Gasteiger partial charge in [0.1, 0.15) is 12.0 Å². The monoisotopic (exact) mass is 446 g/mol. The molecule has 0 unspecified atom stereocenters. The van der Waals surface area contributed by atoms with E-state index in [1.54, 1.807) is 12.1 Å². The highest BCUT2D eigenvalue weighted by Crippen LogP contribution is 2.28. The van der Waals surface area contributed by atoms with Crippen molar-refractivity contribution in [1.82, 2.24) is 0 Å². The molecule has 16 heavy (non-hydrogen) atoms. The smallest absolute Gasteiger partial charge is 0.343 e. The number of carbonyl (C=O) groups is 2. The van der Waals surface area contributed by atoms with Crippen molar-refractivity contribution < 1.29 is 19.1 Å². The molecule has 0 amide bonds. The van der Waals surface area contributed by atoms with E-state index >= 15 is 0 Å². The molecule has 0 aliphatic rings. The van der Waals surface area contributed by atoms with Crippen LogP contribution >= 0.6 is 45.2 Å². The zero-order valence-corrected chi connectivity index (χ0v) is 12.6. The first-order chi connectivity index (χ1) is 7.58. The van der Waals surface area contributed by atoms with E-state index in [0.29, 0.717) is 11.3 Å². The Bertz CT molecular complexity index is 394. The second-order valence-electron chi connectivity index (χ2n) is 2.80. The largest absolute Gasteiger partial charge is 0.480 e. The molecular weight excluding hydrogens is 438 g/mol. The maximum atomic E-state index is 10.9. The average molecular weight is 446 g/mol. The number of rotatable bonds is 4. The number of esters is 1. The molecule has 0 heterocycles. The van der Waals surface area contributed by atoms with Crippen LogP contribution in [0.2, 0.25) is 0 Å². The van der Waals surface area contributed by atoms with Gasteiger partial charge in [0, 0.05) is 5.56 Å². The summed E-state index contributed by atoms with van der Waals surface area (Å²) in [4.78, 5) is 21.5. The van der Waals surface area contributed by atoms with Gasteiger partial charge in [-0.3, -0.25) is 4.79 Å². The fourth-order valence-corrected chi connectivity index (χ4v) is 3.10. The van der Waals surface area contributed by atoms with Crippen LogP contribution in [0.15, 0.2) is 12.1 Å². The van der Waals surface area contributed by atoms with Gasteiger partial charge in [0.2, 0.25) is 0 Å². The molecular formula is C10H8I2O4. The molecule has 0 aliphatic heterocycles. The Morgan fingerprint density at radius 1 is 1.38 bits per heavy atom. The van der Waals surface area contributed by atoms with Crippen molar-refractivity contribution in [1.29, 1.82) is 0 Å². The fraction of sp³-hybridized carbons (Fsp3) is 0.200. The number of halogens is 2. The summed E-state index contributed by atoms with van der Waals surface area (Å²) in [6, 6.07) is 3.39. The highest BCUT2D eigenvalue weighted by molar-refractivity contribution is 14.1. The van der Waals surface area contributed by atoms with Crippen LogP contribution in [-0.4, -0.2) is 26.0 Å². The standard InChI is InChI=1S/C10H8I2O4/c1-15-9(14)5-16-10-7(11)2-6(4-13)3-8(10)12/h2-4H,5H2,1H3. The highest BCUT2D eigenvalue weighted by Gasteiger charge is 2.10. The number of benzene rings is 1. The molecule has 0 spiro atoms. The van der Waals surface area contributed by atoms with Gasteiger partial charge in [-0.1, -0.05) is 0 Å². The minimum absolute atomic E-state index is 0.136. The molecule has 0 aromatic heterocycles. The normalized spacial score (nSPS) is 9.69. The van der Waals surface area contributed by atoms with Gasteiger partial charge in [0.15, 0.2) is 6.61 Å². The van der Waals surface area contributed by atoms with Crippen molar-refractivity contribution in [2.75, 3.05) is 13.7 Å². The van der Waals surface area contributed by atoms with Crippen LogP contribution in [0.4, 0.5) is 0 Å². The number of hydrogen-bond acceptors (Lipinski definition) is 4. The summed E-state index contributed by atoms with van der Waals surface area (Å²) in [7, 11) is 1.30. The lowest BCUT2D eigenvalue weighted by atomic mass is 10.2. The van der Waals surface area contributed by atoms with E-state index in [1.165, 1.54) is 7.11 Å². The summed E-state index contributed by atoms with van der Waals surface area (Å²) in [6.07, 6.45) is 0.772. The average Bonchev–Trinajstić information content (AvgIpc) is 2.27. The molecule has 1 aromatic carbocycles. The van der Waals surface area contributed by atoms with Crippen molar-refractivity contribution in [2.45, 2.75) is 0 Å². The molecule has 0 aliphatic carbocycles. The van der Waals surface area contributed by atoms with Crippen LogP contribution in [0.3, 0.4) is 0 Å². The second-order valence-corrected chi connectivity index (χ2v) is 5.12. The molecule has 86 valence electrons. The van der Waals surface area contributed by atoms with Crippen molar-refractivity contribution >= 4 is 57.4 Å². The van der Waals surface area contributed by atoms with Gasteiger partial charge in [-0.05, 0) is 57.3 Å². The molecule has 0 radical (unpaired) electrons. The Morgan fingerprint density at radius 3 is 2.38 bits per heavy atom. The molecule has 0 fully saturated rings. The predicted octanol–water partition coefficient (Wildman–Crippen LogP) is 2.26. The number of aldehydes is 1. The number of hydrogen-bond donors (Lipinski definition) is 0. The lowest BCUT2D eigenvalue weighted by Crippen LogP contribution is -2.13. The summed E-state index contributed by atoms with van der Waals surface area (Å²) in [5.74, 6) is 0.156. The van der Waals surface area contributed by atoms with E-state index < -0.39 is 5.97 Å². The number of methoxy groups -OCH3 is 1. The molecule has 1 rings (SSSR count). The van der Waals surface area contributed by atoms with Gasteiger partial charge >= 0.3 is 5.97 Å². The van der Waals surface area contributed by atoms with E-state index in [2.05, 4.69) is 49.9 Å². The Hall–Kier alpha value is -0.380. The maximum Gasteiger partial charge on any atom is 0.343 e. The van der Waals surface area contributed by atoms with Gasteiger partial charge in [-0.2, -0.15) is 0 Å². The topological polar surface area (TPSA) is 52.6 Å². The first-order valence-electron chi connectivity index (χ1n) is 4.22. The third kappa shape index (κ3) is 3.58. The van der Waals surface area contributed by atoms with Crippen molar-refractivity contribution in [3.63, 3.8) is 0 Å². The van der Waals surface area contributed by atoms with Gasteiger partial charge < -0.3 is 9.47 Å². The SMILES string of the molecule is COC(=O)COc1c(I)cc(C=O)cc1I. The summed E-state index contributed by atoms with van der Waals surface area (Å²) in [5, 5.41) is 0. The van der Waals surface area contributed by atoms with Gasteiger partial charge in [0.05, 0.1) is 14.3 Å². The summed E-state index contributed by atoms with van der Waals surface area (Å²) in [5.41, 5.74) is 0.583. The molecule has 0 saturated heterocycles. The zero-order valence-electron chi connectivity index (χ0n) is 8.33. The van der Waals surface area contributed by atoms with Crippen LogP contribution in [0.5, 0.6) is 5.75 Å². The van der Waals surface area contributed by atoms with Crippen LogP contribution < -0.4 is 4.74 Å². The van der Waals surface area contributed by atoms with Crippen LogP contribution in [0.1, 0.15) is 10.4 Å². The van der Waals surface area contributed by atoms with E-state index in [1.807, 2.05) is 0 Å². The lowest BCUT2D eigenvalue weighted by molar-refractivity contribution is -0.142. The third-order valence-corrected chi connectivity index (χ3v) is 3.32.